The van der Waals surface area contributed by atoms with Gasteiger partial charge in [0.15, 0.2) is 10.2 Å². The Morgan fingerprint density at radius 2 is 2.03 bits per heavy atom. The summed E-state index contributed by atoms with van der Waals surface area (Å²) in [6, 6.07) is 7.23. The minimum absolute atomic E-state index is 0.0230. The van der Waals surface area contributed by atoms with Crippen LogP contribution in [0.25, 0.3) is 11.8 Å². The average Bonchev–Trinajstić information content (AvgIpc) is 3.21. The third kappa shape index (κ3) is 3.73. The van der Waals surface area contributed by atoms with E-state index in [0.29, 0.717) is 15.2 Å². The van der Waals surface area contributed by atoms with Crippen LogP contribution < -0.4 is 0 Å². The number of fused-ring (bicyclic) bond motifs is 1. The molecule has 0 aliphatic carbocycles. The molecule has 0 saturated carbocycles. The van der Waals surface area contributed by atoms with E-state index in [1.165, 1.54) is 16.8 Å². The molecule has 1 amide bonds. The smallest absolute Gasteiger partial charge is 0.283 e. The number of benzene rings is 1. The van der Waals surface area contributed by atoms with Gasteiger partial charge in [-0.1, -0.05) is 41.9 Å². The third-order valence-electron chi connectivity index (χ3n) is 4.62. The Balaban J connectivity index is 1.75. The molecule has 0 unspecified atom stereocenters. The van der Waals surface area contributed by atoms with E-state index in [-0.39, 0.29) is 11.4 Å². The van der Waals surface area contributed by atoms with Crippen LogP contribution in [0.3, 0.4) is 0 Å². The van der Waals surface area contributed by atoms with Gasteiger partial charge < -0.3 is 4.57 Å². The van der Waals surface area contributed by atoms with Gasteiger partial charge in [-0.2, -0.15) is 10.0 Å². The number of thioether (sulfide) groups is 2. The molecule has 2 aromatic rings. The molecule has 6 nitrogen and oxygen atoms in total. The van der Waals surface area contributed by atoms with Gasteiger partial charge in [0, 0.05) is 16.4 Å². The van der Waals surface area contributed by atoms with Gasteiger partial charge in [-0.05, 0) is 67.3 Å². The minimum atomic E-state index is -0.442. The van der Waals surface area contributed by atoms with Gasteiger partial charge in [0.25, 0.3) is 5.91 Å². The van der Waals surface area contributed by atoms with E-state index in [4.69, 9.17) is 28.6 Å². The summed E-state index contributed by atoms with van der Waals surface area (Å²) in [4.78, 5) is 16.8. The second-order valence-electron chi connectivity index (χ2n) is 6.58. The first-order chi connectivity index (χ1) is 14.3. The lowest BCUT2D eigenvalue weighted by Gasteiger charge is -2.20. The van der Waals surface area contributed by atoms with Gasteiger partial charge in [-0.25, -0.2) is 0 Å². The number of aromatic nitrogens is 1. The quantitative estimate of drug-likeness (QED) is 0.572. The highest BCUT2D eigenvalue weighted by molar-refractivity contribution is 8.45. The lowest BCUT2D eigenvalue weighted by Crippen LogP contribution is -2.35. The van der Waals surface area contributed by atoms with Gasteiger partial charge in [0.1, 0.15) is 0 Å². The Morgan fingerprint density at radius 1 is 1.27 bits per heavy atom. The van der Waals surface area contributed by atoms with Crippen molar-refractivity contribution in [1.82, 2.24) is 9.58 Å². The highest BCUT2D eigenvalue weighted by atomic mass is 35.5. The van der Waals surface area contributed by atoms with Gasteiger partial charge in [0.05, 0.1) is 16.3 Å². The fourth-order valence-corrected chi connectivity index (χ4v) is 5.47. The molecular formula is C20H17Cl2N5OS2. The summed E-state index contributed by atoms with van der Waals surface area (Å²) in [5.41, 5.74) is 3.56. The van der Waals surface area contributed by atoms with E-state index in [0.717, 1.165) is 32.8 Å². The van der Waals surface area contributed by atoms with Crippen molar-refractivity contribution >= 4 is 74.1 Å². The van der Waals surface area contributed by atoms with E-state index in [2.05, 4.69) is 10.1 Å². The van der Waals surface area contributed by atoms with Crippen LogP contribution in [0.5, 0.6) is 0 Å². The lowest BCUT2D eigenvalue weighted by atomic mass is 10.1. The zero-order chi connectivity index (χ0) is 21.6. The number of halogens is 2. The van der Waals surface area contributed by atoms with Crippen molar-refractivity contribution < 1.29 is 4.79 Å². The number of hydrazone groups is 1. The minimum Gasteiger partial charge on any atom is -0.316 e. The highest BCUT2D eigenvalue weighted by Crippen LogP contribution is 2.34. The molecule has 30 heavy (non-hydrogen) atoms. The SMILES string of the molecule is CCSC1=NN2C(=N)/C(=C/c3cc(C)n(-c4cc(Cl)ccc4Cl)c3C)C(=O)N=C2S1. The Hall–Kier alpha value is -2.00. The molecule has 0 radical (unpaired) electrons. The van der Waals surface area contributed by atoms with E-state index < -0.39 is 5.91 Å². The van der Waals surface area contributed by atoms with Crippen LogP contribution in [-0.4, -0.2) is 36.6 Å². The molecule has 0 fully saturated rings. The number of aliphatic imine (C=N–C) groups is 1. The summed E-state index contributed by atoms with van der Waals surface area (Å²) < 4.78 is 2.76. The first kappa shape index (κ1) is 21.2. The molecule has 3 heterocycles. The summed E-state index contributed by atoms with van der Waals surface area (Å²) in [6.07, 6.45) is 1.69. The van der Waals surface area contributed by atoms with E-state index in [1.54, 1.807) is 36.0 Å². The molecule has 1 aromatic carbocycles. The largest absolute Gasteiger partial charge is 0.316 e. The van der Waals surface area contributed by atoms with Crippen molar-refractivity contribution in [1.29, 1.82) is 5.41 Å². The number of carbonyl (C=O) groups excluding carboxylic acids is 1. The maximum Gasteiger partial charge on any atom is 0.283 e. The number of hydrogen-bond acceptors (Lipinski definition) is 5. The number of aryl methyl sites for hydroxylation is 1. The number of amides is 1. The number of amidine groups is 2. The summed E-state index contributed by atoms with van der Waals surface area (Å²) >= 11 is 15.4. The van der Waals surface area contributed by atoms with E-state index in [9.17, 15) is 4.79 Å². The van der Waals surface area contributed by atoms with Crippen molar-refractivity contribution in [3.8, 4) is 5.69 Å². The first-order valence-electron chi connectivity index (χ1n) is 9.07. The molecule has 0 spiro atoms. The topological polar surface area (TPSA) is 73.8 Å². The monoisotopic (exact) mass is 477 g/mol. The van der Waals surface area contributed by atoms with Crippen LogP contribution in [0.4, 0.5) is 0 Å². The maximum absolute atomic E-state index is 12.6. The van der Waals surface area contributed by atoms with Crippen LogP contribution in [0.2, 0.25) is 10.0 Å². The predicted molar refractivity (Wildman–Crippen MR) is 128 cm³/mol. The Bertz CT molecular complexity index is 1180. The molecule has 10 heteroatoms. The molecule has 2 aliphatic heterocycles. The second kappa shape index (κ2) is 8.26. The number of hydrogen-bond donors (Lipinski definition) is 1. The number of carbonyl (C=O) groups is 1. The summed E-state index contributed by atoms with van der Waals surface area (Å²) in [7, 11) is 0. The standard InChI is InChI=1S/C20H17Cl2N5OS2/c1-4-29-20-25-27-17(23)14(18(28)24-19(27)30-20)8-12-7-10(2)26(11(12)3)16-9-13(21)5-6-15(16)22/h5-9,23H,4H2,1-3H3/b14-8-,23-17?. The second-order valence-corrected chi connectivity index (χ2v) is 9.89. The molecule has 0 saturated heterocycles. The fraction of sp³-hybridized carbons (Fsp3) is 0.200. The highest BCUT2D eigenvalue weighted by Gasteiger charge is 2.35. The molecule has 0 atom stereocenters. The Labute approximate surface area is 192 Å². The van der Waals surface area contributed by atoms with E-state index >= 15 is 0 Å². The average molecular weight is 478 g/mol. The maximum atomic E-state index is 12.6. The van der Waals surface area contributed by atoms with Crippen LogP contribution in [0.1, 0.15) is 23.9 Å². The predicted octanol–water partition coefficient (Wildman–Crippen LogP) is 5.73. The lowest BCUT2D eigenvalue weighted by molar-refractivity contribution is -0.114. The zero-order valence-corrected chi connectivity index (χ0v) is 19.5. The molecular weight excluding hydrogens is 461 g/mol. The van der Waals surface area contributed by atoms with Crippen molar-refractivity contribution in [2.24, 2.45) is 10.1 Å². The van der Waals surface area contributed by atoms with Crippen LogP contribution in [-0.2, 0) is 4.79 Å². The van der Waals surface area contributed by atoms with E-state index in [1.807, 2.05) is 31.4 Å². The van der Waals surface area contributed by atoms with Crippen molar-refractivity contribution in [2.45, 2.75) is 20.8 Å². The van der Waals surface area contributed by atoms with Gasteiger partial charge in [-0.15, -0.1) is 5.10 Å². The van der Waals surface area contributed by atoms with Crippen LogP contribution in [0, 0.1) is 19.3 Å². The number of nitrogens with zero attached hydrogens (tertiary/aromatic N) is 4. The van der Waals surface area contributed by atoms with Crippen molar-refractivity contribution in [2.75, 3.05) is 5.75 Å². The van der Waals surface area contributed by atoms with Gasteiger partial charge in [0.2, 0.25) is 5.17 Å². The van der Waals surface area contributed by atoms with Gasteiger partial charge >= 0.3 is 0 Å². The van der Waals surface area contributed by atoms with Gasteiger partial charge in [-0.3, -0.25) is 10.2 Å². The Kier molecular flexibility index (Phi) is 5.85. The normalized spacial score (nSPS) is 17.5. The molecule has 1 N–H and O–H groups in total. The summed E-state index contributed by atoms with van der Waals surface area (Å²) in [6.45, 7) is 5.91. The molecule has 4 rings (SSSR count). The number of nitrogens with one attached hydrogen (secondary N) is 1. The number of rotatable bonds is 3. The van der Waals surface area contributed by atoms with Crippen molar-refractivity contribution in [3.05, 3.63) is 56.8 Å². The third-order valence-corrected chi connectivity index (χ3v) is 7.10. The fourth-order valence-electron chi connectivity index (χ4n) is 3.27. The molecule has 154 valence electrons. The molecule has 1 aromatic heterocycles. The first-order valence-corrected chi connectivity index (χ1v) is 11.6. The Morgan fingerprint density at radius 3 is 2.77 bits per heavy atom. The van der Waals surface area contributed by atoms with Crippen molar-refractivity contribution in [3.63, 3.8) is 0 Å². The summed E-state index contributed by atoms with van der Waals surface area (Å²) in [5, 5.41) is 15.9. The zero-order valence-electron chi connectivity index (χ0n) is 16.4. The summed E-state index contributed by atoms with van der Waals surface area (Å²) in [5.74, 6) is 0.437. The molecule has 0 bridgehead atoms. The molecule has 2 aliphatic rings. The van der Waals surface area contributed by atoms with Crippen LogP contribution >= 0.6 is 46.7 Å². The van der Waals surface area contributed by atoms with Crippen LogP contribution in [0.15, 0.2) is 39.9 Å².